The zero-order chi connectivity index (χ0) is 19.5. The molecule has 3 aromatic heterocycles. The lowest BCUT2D eigenvalue weighted by Crippen LogP contribution is -2.11. The van der Waals surface area contributed by atoms with Crippen LogP contribution in [0.3, 0.4) is 0 Å². The van der Waals surface area contributed by atoms with Crippen LogP contribution in [-0.4, -0.2) is 16.0 Å². The van der Waals surface area contributed by atoms with Crippen LogP contribution in [0.15, 0.2) is 57.0 Å². The van der Waals surface area contributed by atoms with E-state index < -0.39 is 0 Å². The number of thiazole rings is 1. The van der Waals surface area contributed by atoms with Gasteiger partial charge in [-0.05, 0) is 50.2 Å². The van der Waals surface area contributed by atoms with E-state index in [9.17, 15) is 4.79 Å². The maximum absolute atomic E-state index is 12.4. The maximum atomic E-state index is 12.4. The summed E-state index contributed by atoms with van der Waals surface area (Å²) in [4.78, 5) is 16.8. The van der Waals surface area contributed by atoms with E-state index in [4.69, 9.17) is 13.7 Å². The topological polar surface area (TPSA) is 90.4 Å². The minimum absolute atomic E-state index is 0.238. The van der Waals surface area contributed by atoms with E-state index in [1.54, 1.807) is 36.6 Å². The molecule has 0 saturated carbocycles. The van der Waals surface area contributed by atoms with Crippen molar-refractivity contribution < 1.29 is 18.5 Å². The van der Waals surface area contributed by atoms with Gasteiger partial charge in [-0.1, -0.05) is 5.16 Å². The second-order valence-electron chi connectivity index (χ2n) is 6.09. The van der Waals surface area contributed by atoms with Crippen molar-refractivity contribution in [3.8, 4) is 17.2 Å². The van der Waals surface area contributed by atoms with E-state index in [1.807, 2.05) is 25.3 Å². The molecular weight excluding hydrogens is 378 g/mol. The first-order valence-electron chi connectivity index (χ1n) is 8.55. The monoisotopic (exact) mass is 395 g/mol. The Morgan fingerprint density at radius 1 is 1.21 bits per heavy atom. The van der Waals surface area contributed by atoms with Gasteiger partial charge in [0.2, 0.25) is 0 Å². The number of hydrogen-bond donors (Lipinski definition) is 1. The summed E-state index contributed by atoms with van der Waals surface area (Å²) in [5, 5.41) is 9.04. The third-order valence-electron chi connectivity index (χ3n) is 4.18. The van der Waals surface area contributed by atoms with Crippen molar-refractivity contribution >= 4 is 22.4 Å². The molecule has 1 N–H and O–H groups in total. The fourth-order valence-corrected chi connectivity index (χ4v) is 3.30. The van der Waals surface area contributed by atoms with E-state index >= 15 is 0 Å². The zero-order valence-electron chi connectivity index (χ0n) is 15.3. The molecule has 4 rings (SSSR count). The van der Waals surface area contributed by atoms with E-state index in [-0.39, 0.29) is 5.91 Å². The Labute approximate surface area is 165 Å². The average Bonchev–Trinajstić information content (AvgIpc) is 3.43. The van der Waals surface area contributed by atoms with Gasteiger partial charge < -0.3 is 13.7 Å². The maximum Gasteiger partial charge on any atom is 0.257 e. The number of aromatic nitrogens is 2. The van der Waals surface area contributed by atoms with Crippen molar-refractivity contribution in [1.29, 1.82) is 0 Å². The molecule has 0 fully saturated rings. The van der Waals surface area contributed by atoms with Crippen molar-refractivity contribution in [1.82, 2.24) is 10.1 Å². The highest BCUT2D eigenvalue weighted by Gasteiger charge is 2.12. The SMILES string of the molecule is Cc1noc(C)c1COc1ccc(C(=O)Nc2nc(-c3ccco3)cs2)cc1. The van der Waals surface area contributed by atoms with Gasteiger partial charge in [-0.3, -0.25) is 10.1 Å². The lowest BCUT2D eigenvalue weighted by molar-refractivity contribution is 0.102. The molecular formula is C20H17N3O4S. The number of hydrogen-bond acceptors (Lipinski definition) is 7. The molecule has 0 aliphatic carbocycles. The van der Waals surface area contributed by atoms with Crippen LogP contribution in [-0.2, 0) is 6.61 Å². The van der Waals surface area contributed by atoms with Crippen LogP contribution >= 0.6 is 11.3 Å². The summed E-state index contributed by atoms with van der Waals surface area (Å²) in [7, 11) is 0. The summed E-state index contributed by atoms with van der Waals surface area (Å²) in [5.41, 5.74) is 2.94. The smallest absolute Gasteiger partial charge is 0.257 e. The lowest BCUT2D eigenvalue weighted by atomic mass is 10.2. The average molecular weight is 395 g/mol. The number of carbonyl (C=O) groups is 1. The minimum atomic E-state index is -0.238. The number of ether oxygens (including phenoxy) is 1. The molecule has 1 aromatic carbocycles. The summed E-state index contributed by atoms with van der Waals surface area (Å²) in [6.07, 6.45) is 1.59. The first-order chi connectivity index (χ1) is 13.6. The Hall–Kier alpha value is -3.39. The van der Waals surface area contributed by atoms with Crippen molar-refractivity contribution in [2.75, 3.05) is 5.32 Å². The van der Waals surface area contributed by atoms with Gasteiger partial charge in [-0.25, -0.2) is 4.98 Å². The van der Waals surface area contributed by atoms with Gasteiger partial charge in [-0.2, -0.15) is 0 Å². The molecule has 8 heteroatoms. The highest BCUT2D eigenvalue weighted by Crippen LogP contribution is 2.25. The van der Waals surface area contributed by atoms with Gasteiger partial charge in [0, 0.05) is 10.9 Å². The van der Waals surface area contributed by atoms with Crippen LogP contribution in [0.5, 0.6) is 5.75 Å². The molecule has 142 valence electrons. The molecule has 0 aliphatic rings. The number of carbonyl (C=O) groups excluding carboxylic acids is 1. The van der Waals surface area contributed by atoms with Crippen LogP contribution in [0, 0.1) is 13.8 Å². The van der Waals surface area contributed by atoms with E-state index in [2.05, 4.69) is 15.5 Å². The Bertz CT molecular complexity index is 1060. The molecule has 0 unspecified atom stereocenters. The number of nitrogens with one attached hydrogen (secondary N) is 1. The molecule has 1 amide bonds. The molecule has 28 heavy (non-hydrogen) atoms. The Morgan fingerprint density at radius 2 is 2.04 bits per heavy atom. The third-order valence-corrected chi connectivity index (χ3v) is 4.94. The predicted octanol–water partition coefficient (Wildman–Crippen LogP) is 4.84. The summed E-state index contributed by atoms with van der Waals surface area (Å²) >= 11 is 1.34. The van der Waals surface area contributed by atoms with Crippen LogP contribution in [0.25, 0.3) is 11.5 Å². The molecule has 7 nitrogen and oxygen atoms in total. The molecule has 3 heterocycles. The third kappa shape index (κ3) is 3.81. The highest BCUT2D eigenvalue weighted by atomic mass is 32.1. The highest BCUT2D eigenvalue weighted by molar-refractivity contribution is 7.14. The number of rotatable bonds is 6. The Balaban J connectivity index is 1.37. The summed E-state index contributed by atoms with van der Waals surface area (Å²) in [5.74, 6) is 1.82. The predicted molar refractivity (Wildman–Crippen MR) is 105 cm³/mol. The minimum Gasteiger partial charge on any atom is -0.489 e. The van der Waals surface area contributed by atoms with Gasteiger partial charge in [0.05, 0.1) is 17.5 Å². The largest absolute Gasteiger partial charge is 0.489 e. The van der Waals surface area contributed by atoms with Gasteiger partial charge in [0.15, 0.2) is 10.9 Å². The van der Waals surface area contributed by atoms with Crippen molar-refractivity contribution in [2.45, 2.75) is 20.5 Å². The van der Waals surface area contributed by atoms with Gasteiger partial charge in [0.25, 0.3) is 5.91 Å². The molecule has 0 aliphatic heterocycles. The molecule has 4 aromatic rings. The zero-order valence-corrected chi connectivity index (χ0v) is 16.1. The van der Waals surface area contributed by atoms with Gasteiger partial charge in [-0.15, -0.1) is 11.3 Å². The molecule has 0 atom stereocenters. The fourth-order valence-electron chi connectivity index (χ4n) is 2.60. The summed E-state index contributed by atoms with van der Waals surface area (Å²) in [6, 6.07) is 10.5. The molecule has 0 radical (unpaired) electrons. The Kier molecular flexibility index (Phi) is 4.94. The fraction of sp³-hybridized carbons (Fsp3) is 0.150. The number of anilines is 1. The second kappa shape index (κ2) is 7.69. The van der Waals surface area contributed by atoms with Gasteiger partial charge >= 0.3 is 0 Å². The quantitative estimate of drug-likeness (QED) is 0.502. The number of amides is 1. The summed E-state index contributed by atoms with van der Waals surface area (Å²) in [6.45, 7) is 4.09. The second-order valence-corrected chi connectivity index (χ2v) is 6.94. The normalized spacial score (nSPS) is 10.8. The first-order valence-corrected chi connectivity index (χ1v) is 9.43. The number of nitrogens with zero attached hydrogens (tertiary/aromatic N) is 2. The lowest BCUT2D eigenvalue weighted by Gasteiger charge is -2.07. The molecule has 0 spiro atoms. The Morgan fingerprint density at radius 3 is 2.71 bits per heavy atom. The number of benzene rings is 1. The summed E-state index contributed by atoms with van der Waals surface area (Å²) < 4.78 is 16.2. The number of aryl methyl sites for hydroxylation is 2. The van der Waals surface area contributed by atoms with E-state index in [0.29, 0.717) is 34.5 Å². The van der Waals surface area contributed by atoms with Gasteiger partial charge in [0.1, 0.15) is 23.8 Å². The first kappa shape index (κ1) is 18.0. The van der Waals surface area contributed by atoms with Crippen molar-refractivity contribution in [2.24, 2.45) is 0 Å². The van der Waals surface area contributed by atoms with E-state index in [1.165, 1.54) is 11.3 Å². The van der Waals surface area contributed by atoms with E-state index in [0.717, 1.165) is 17.0 Å². The van der Waals surface area contributed by atoms with Crippen LogP contribution in [0.2, 0.25) is 0 Å². The van der Waals surface area contributed by atoms with Crippen molar-refractivity contribution in [3.63, 3.8) is 0 Å². The molecule has 0 bridgehead atoms. The van der Waals surface area contributed by atoms with Crippen LogP contribution < -0.4 is 10.1 Å². The molecule has 0 saturated heterocycles. The van der Waals surface area contributed by atoms with Crippen LogP contribution in [0.4, 0.5) is 5.13 Å². The van der Waals surface area contributed by atoms with Crippen molar-refractivity contribution in [3.05, 3.63) is 70.6 Å². The standard InChI is InChI=1S/C20H17N3O4S/c1-12-16(13(2)27-23-12)10-26-15-7-5-14(6-8-15)19(24)22-20-21-17(11-28-20)18-4-3-9-25-18/h3-9,11H,10H2,1-2H3,(H,21,22,24). The van der Waals surface area contributed by atoms with Crippen LogP contribution in [0.1, 0.15) is 27.4 Å². The number of furan rings is 1.